The van der Waals surface area contributed by atoms with Crippen molar-refractivity contribution in [1.29, 1.82) is 0 Å². The van der Waals surface area contributed by atoms with Crippen LogP contribution in [0.2, 0.25) is 0 Å². The Kier molecular flexibility index (Phi) is 5.27. The van der Waals surface area contributed by atoms with Crippen LogP contribution in [-0.4, -0.2) is 18.8 Å². The van der Waals surface area contributed by atoms with E-state index in [1.165, 1.54) is 13.0 Å². The molecule has 0 aliphatic rings. The van der Waals surface area contributed by atoms with Gasteiger partial charge in [-0.25, -0.2) is 0 Å². The van der Waals surface area contributed by atoms with Gasteiger partial charge in [0.25, 0.3) is 0 Å². The molecule has 0 aliphatic carbocycles. The molecule has 0 bridgehead atoms. The molecule has 0 saturated heterocycles. The van der Waals surface area contributed by atoms with E-state index < -0.39 is 24.5 Å². The Morgan fingerprint density at radius 2 is 2.07 bits per heavy atom. The fourth-order valence-corrected chi connectivity index (χ4v) is 0.925. The Balaban J connectivity index is 4.31. The summed E-state index contributed by atoms with van der Waals surface area (Å²) in [7, 11) is 0. The zero-order valence-electron chi connectivity index (χ0n) is 8.10. The number of alkyl halides is 3. The van der Waals surface area contributed by atoms with E-state index in [9.17, 15) is 18.0 Å². The van der Waals surface area contributed by atoms with Gasteiger partial charge >= 0.3 is 12.1 Å². The maximum atomic E-state index is 12.2. The van der Waals surface area contributed by atoms with E-state index >= 15 is 0 Å². The van der Waals surface area contributed by atoms with Crippen molar-refractivity contribution in [1.82, 2.24) is 0 Å². The average Bonchev–Trinajstić information content (AvgIpc) is 2.02. The first-order valence-corrected chi connectivity index (χ1v) is 4.27. The van der Waals surface area contributed by atoms with Crippen LogP contribution in [0.1, 0.15) is 20.3 Å². The summed E-state index contributed by atoms with van der Waals surface area (Å²) in [6, 6.07) is 0. The van der Waals surface area contributed by atoms with Crippen molar-refractivity contribution in [3.05, 3.63) is 12.2 Å². The molecular formula is C9H13F3O2. The minimum absolute atomic E-state index is 0.0965. The van der Waals surface area contributed by atoms with Crippen LogP contribution in [0, 0.1) is 5.92 Å². The van der Waals surface area contributed by atoms with E-state index in [-0.39, 0.29) is 6.61 Å². The minimum atomic E-state index is -4.39. The summed E-state index contributed by atoms with van der Waals surface area (Å²) in [5.74, 6) is -2.57. The highest BCUT2D eigenvalue weighted by Gasteiger charge is 2.39. The van der Waals surface area contributed by atoms with Gasteiger partial charge in [-0.3, -0.25) is 4.79 Å². The standard InChI is InChI=1S/C9H13F3O2/c1-3-5-7(9(10,11)12)6-8(13)14-4-2/h3,5,7H,4,6H2,1-2H3/b5-3+/t7-/m0/s1. The molecule has 0 aliphatic heterocycles. The highest BCUT2D eigenvalue weighted by molar-refractivity contribution is 5.70. The largest absolute Gasteiger partial charge is 0.466 e. The van der Waals surface area contributed by atoms with Crippen LogP contribution in [0.3, 0.4) is 0 Å². The quantitative estimate of drug-likeness (QED) is 0.526. The summed E-state index contributed by atoms with van der Waals surface area (Å²) in [4.78, 5) is 10.8. The van der Waals surface area contributed by atoms with Gasteiger partial charge in [0.15, 0.2) is 0 Å². The lowest BCUT2D eigenvalue weighted by Crippen LogP contribution is -2.24. The van der Waals surface area contributed by atoms with Crippen molar-refractivity contribution in [2.75, 3.05) is 6.61 Å². The predicted molar refractivity (Wildman–Crippen MR) is 45.6 cm³/mol. The maximum Gasteiger partial charge on any atom is 0.395 e. The van der Waals surface area contributed by atoms with E-state index in [2.05, 4.69) is 4.74 Å². The molecule has 0 aromatic rings. The van der Waals surface area contributed by atoms with Crippen LogP contribution in [0.25, 0.3) is 0 Å². The lowest BCUT2D eigenvalue weighted by atomic mass is 10.0. The van der Waals surface area contributed by atoms with Crippen LogP contribution in [0.4, 0.5) is 13.2 Å². The molecule has 0 aromatic carbocycles. The Hall–Kier alpha value is -1.00. The second kappa shape index (κ2) is 5.67. The lowest BCUT2D eigenvalue weighted by Gasteiger charge is -2.15. The van der Waals surface area contributed by atoms with Gasteiger partial charge < -0.3 is 4.74 Å². The molecule has 0 rings (SSSR count). The molecule has 0 saturated carbocycles. The van der Waals surface area contributed by atoms with E-state index in [1.54, 1.807) is 6.92 Å². The van der Waals surface area contributed by atoms with Gasteiger partial charge in [-0.15, -0.1) is 0 Å². The molecule has 0 amide bonds. The number of halogens is 3. The Labute approximate surface area is 80.7 Å². The van der Waals surface area contributed by atoms with Crippen molar-refractivity contribution in [2.24, 2.45) is 5.92 Å². The third-order valence-corrected chi connectivity index (χ3v) is 1.54. The topological polar surface area (TPSA) is 26.3 Å². The molecule has 0 heterocycles. The van der Waals surface area contributed by atoms with Crippen LogP contribution >= 0.6 is 0 Å². The zero-order valence-corrected chi connectivity index (χ0v) is 8.10. The number of hydrogen-bond donors (Lipinski definition) is 0. The first-order chi connectivity index (χ1) is 6.41. The molecule has 0 N–H and O–H groups in total. The molecule has 14 heavy (non-hydrogen) atoms. The van der Waals surface area contributed by atoms with Gasteiger partial charge in [0.05, 0.1) is 18.9 Å². The number of ether oxygens (including phenoxy) is 1. The maximum absolute atomic E-state index is 12.2. The third kappa shape index (κ3) is 4.89. The van der Waals surface area contributed by atoms with Crippen LogP contribution in [0.15, 0.2) is 12.2 Å². The summed E-state index contributed by atoms with van der Waals surface area (Å²) >= 11 is 0. The highest BCUT2D eigenvalue weighted by atomic mass is 19.4. The molecule has 0 radical (unpaired) electrons. The molecule has 5 heteroatoms. The van der Waals surface area contributed by atoms with E-state index in [0.717, 1.165) is 6.08 Å². The third-order valence-electron chi connectivity index (χ3n) is 1.54. The number of carbonyl (C=O) groups is 1. The normalized spacial score (nSPS) is 14.4. The first kappa shape index (κ1) is 13.0. The molecule has 2 nitrogen and oxygen atoms in total. The summed E-state index contributed by atoms with van der Waals surface area (Å²) in [5, 5.41) is 0. The number of rotatable bonds is 4. The van der Waals surface area contributed by atoms with E-state index in [4.69, 9.17) is 0 Å². The smallest absolute Gasteiger partial charge is 0.395 e. The second-order valence-electron chi connectivity index (χ2n) is 2.68. The van der Waals surface area contributed by atoms with Crippen molar-refractivity contribution in [3.63, 3.8) is 0 Å². The van der Waals surface area contributed by atoms with Crippen LogP contribution in [-0.2, 0) is 9.53 Å². The summed E-state index contributed by atoms with van der Waals surface area (Å²) in [6.45, 7) is 3.12. The number of allylic oxidation sites excluding steroid dienone is 2. The van der Waals surface area contributed by atoms with Gasteiger partial charge in [-0.2, -0.15) is 13.2 Å². The zero-order chi connectivity index (χ0) is 11.2. The first-order valence-electron chi connectivity index (χ1n) is 4.27. The van der Waals surface area contributed by atoms with Gasteiger partial charge in [-0.05, 0) is 13.8 Å². The van der Waals surface area contributed by atoms with Crippen molar-refractivity contribution < 1.29 is 22.7 Å². The Morgan fingerprint density at radius 3 is 2.43 bits per heavy atom. The fourth-order valence-electron chi connectivity index (χ4n) is 0.925. The predicted octanol–water partition coefficient (Wildman–Crippen LogP) is 2.69. The van der Waals surface area contributed by atoms with Crippen molar-refractivity contribution >= 4 is 5.97 Å². The number of carbonyl (C=O) groups excluding carboxylic acids is 1. The molecular weight excluding hydrogens is 197 g/mol. The summed E-state index contributed by atoms with van der Waals surface area (Å²) in [5.41, 5.74) is 0. The molecule has 0 spiro atoms. The SMILES string of the molecule is C/C=C/[C@@H](CC(=O)OCC)C(F)(F)F. The lowest BCUT2D eigenvalue weighted by molar-refractivity contribution is -0.173. The van der Waals surface area contributed by atoms with E-state index in [0.29, 0.717) is 0 Å². The van der Waals surface area contributed by atoms with Crippen molar-refractivity contribution in [3.8, 4) is 0 Å². The highest BCUT2D eigenvalue weighted by Crippen LogP contribution is 2.30. The Morgan fingerprint density at radius 1 is 1.50 bits per heavy atom. The average molecular weight is 210 g/mol. The van der Waals surface area contributed by atoms with Gasteiger partial charge in [0.1, 0.15) is 0 Å². The van der Waals surface area contributed by atoms with Crippen LogP contribution < -0.4 is 0 Å². The Bertz CT molecular complexity index is 209. The molecule has 82 valence electrons. The van der Waals surface area contributed by atoms with Gasteiger partial charge in [0, 0.05) is 0 Å². The second-order valence-corrected chi connectivity index (χ2v) is 2.68. The van der Waals surface area contributed by atoms with Gasteiger partial charge in [-0.1, -0.05) is 12.2 Å². The number of esters is 1. The monoisotopic (exact) mass is 210 g/mol. The number of hydrogen-bond acceptors (Lipinski definition) is 2. The molecule has 0 fully saturated rings. The molecule has 1 atom stereocenters. The van der Waals surface area contributed by atoms with Crippen molar-refractivity contribution in [2.45, 2.75) is 26.4 Å². The fraction of sp³-hybridized carbons (Fsp3) is 0.667. The summed E-state index contributed by atoms with van der Waals surface area (Å²) in [6.07, 6.45) is -2.81. The van der Waals surface area contributed by atoms with Crippen LogP contribution in [0.5, 0.6) is 0 Å². The van der Waals surface area contributed by atoms with E-state index in [1.807, 2.05) is 0 Å². The summed E-state index contributed by atoms with van der Waals surface area (Å²) < 4.78 is 41.2. The minimum Gasteiger partial charge on any atom is -0.466 e. The molecule has 0 aromatic heterocycles. The molecule has 0 unspecified atom stereocenters. The van der Waals surface area contributed by atoms with Gasteiger partial charge in [0.2, 0.25) is 0 Å².